The van der Waals surface area contributed by atoms with Crippen LogP contribution in [0, 0.1) is 0 Å². The smallest absolute Gasteiger partial charge is 0.0602 e. The predicted octanol–water partition coefficient (Wildman–Crippen LogP) is 3.67. The van der Waals surface area contributed by atoms with Gasteiger partial charge >= 0.3 is 0 Å². The number of rotatable bonds is 6. The fourth-order valence-electron chi connectivity index (χ4n) is 1.94. The van der Waals surface area contributed by atoms with Crippen LogP contribution in [0.2, 0.25) is 0 Å². The van der Waals surface area contributed by atoms with Crippen molar-refractivity contribution in [2.75, 3.05) is 17.2 Å². The molecular formula is C14H24N2. The molecule has 2 N–H and O–H groups in total. The third kappa shape index (κ3) is 3.44. The van der Waals surface area contributed by atoms with Gasteiger partial charge in [0.25, 0.3) is 0 Å². The number of anilines is 2. The number of unbranched alkanes of at least 4 members (excludes halogenated alkanes) is 2. The summed E-state index contributed by atoms with van der Waals surface area (Å²) in [5.74, 6) is 0. The monoisotopic (exact) mass is 220 g/mol. The number of hydrogen-bond donors (Lipinski definition) is 1. The molecule has 0 saturated carbocycles. The predicted molar refractivity (Wildman–Crippen MR) is 72.9 cm³/mol. The summed E-state index contributed by atoms with van der Waals surface area (Å²) in [6.45, 7) is 7.77. The molecule has 0 fully saturated rings. The summed E-state index contributed by atoms with van der Waals surface area (Å²) in [7, 11) is 0. The number of nitrogen functional groups attached to an aromatic ring is 1. The van der Waals surface area contributed by atoms with E-state index in [1.165, 1.54) is 24.9 Å². The Labute approximate surface area is 99.5 Å². The van der Waals surface area contributed by atoms with Gasteiger partial charge in [0, 0.05) is 12.6 Å². The van der Waals surface area contributed by atoms with E-state index in [4.69, 9.17) is 5.73 Å². The Morgan fingerprint density at radius 2 is 1.88 bits per heavy atom. The van der Waals surface area contributed by atoms with E-state index in [0.717, 1.165) is 12.2 Å². The summed E-state index contributed by atoms with van der Waals surface area (Å²) in [4.78, 5) is 2.39. The zero-order valence-electron chi connectivity index (χ0n) is 10.7. The molecule has 0 aliphatic rings. The fourth-order valence-corrected chi connectivity index (χ4v) is 1.94. The zero-order chi connectivity index (χ0) is 12.0. The lowest BCUT2D eigenvalue weighted by Crippen LogP contribution is -2.32. The van der Waals surface area contributed by atoms with Crippen molar-refractivity contribution < 1.29 is 0 Å². The summed E-state index contributed by atoms with van der Waals surface area (Å²) in [6, 6.07) is 8.64. The summed E-state index contributed by atoms with van der Waals surface area (Å²) in [5, 5.41) is 0. The number of hydrogen-bond acceptors (Lipinski definition) is 2. The van der Waals surface area contributed by atoms with E-state index in [2.05, 4.69) is 37.8 Å². The van der Waals surface area contributed by atoms with Crippen LogP contribution in [0.15, 0.2) is 24.3 Å². The van der Waals surface area contributed by atoms with E-state index in [0.29, 0.717) is 6.04 Å². The maximum atomic E-state index is 6.02. The van der Waals surface area contributed by atoms with Crippen molar-refractivity contribution in [1.82, 2.24) is 0 Å². The Kier molecular flexibility index (Phi) is 5.17. The van der Waals surface area contributed by atoms with Crippen molar-refractivity contribution in [3.8, 4) is 0 Å². The van der Waals surface area contributed by atoms with Gasteiger partial charge in [0.2, 0.25) is 0 Å². The second-order valence-corrected chi connectivity index (χ2v) is 4.55. The lowest BCUT2D eigenvalue weighted by Gasteiger charge is -2.30. The lowest BCUT2D eigenvalue weighted by molar-refractivity contribution is 0.626. The molecule has 0 spiro atoms. The minimum absolute atomic E-state index is 0.501. The summed E-state index contributed by atoms with van der Waals surface area (Å²) < 4.78 is 0. The third-order valence-electron chi connectivity index (χ3n) is 2.87. The molecule has 0 radical (unpaired) electrons. The Hall–Kier alpha value is -1.18. The van der Waals surface area contributed by atoms with E-state index >= 15 is 0 Å². The standard InChI is InChI=1S/C14H24N2/c1-4-5-8-11-16(12(2)3)14-10-7-6-9-13(14)15/h6-7,9-10,12H,4-5,8,11,15H2,1-3H3. The first-order chi connectivity index (χ1) is 7.66. The molecule has 0 heterocycles. The largest absolute Gasteiger partial charge is 0.397 e. The molecule has 0 atom stereocenters. The highest BCUT2D eigenvalue weighted by atomic mass is 15.2. The van der Waals surface area contributed by atoms with E-state index < -0.39 is 0 Å². The summed E-state index contributed by atoms with van der Waals surface area (Å²) in [6.07, 6.45) is 3.79. The first-order valence-electron chi connectivity index (χ1n) is 6.28. The average Bonchev–Trinajstić information content (AvgIpc) is 2.25. The van der Waals surface area contributed by atoms with Gasteiger partial charge in [-0.25, -0.2) is 0 Å². The molecule has 2 heteroatoms. The molecule has 1 aromatic rings. The Morgan fingerprint density at radius 3 is 2.44 bits per heavy atom. The minimum atomic E-state index is 0.501. The van der Waals surface area contributed by atoms with Gasteiger partial charge in [-0.2, -0.15) is 0 Å². The molecule has 0 bridgehead atoms. The first-order valence-corrected chi connectivity index (χ1v) is 6.28. The van der Waals surface area contributed by atoms with Gasteiger partial charge in [-0.15, -0.1) is 0 Å². The van der Waals surface area contributed by atoms with Crippen LogP contribution in [-0.4, -0.2) is 12.6 Å². The van der Waals surface area contributed by atoms with Gasteiger partial charge in [-0.3, -0.25) is 0 Å². The maximum absolute atomic E-state index is 6.02. The van der Waals surface area contributed by atoms with Crippen molar-refractivity contribution in [1.29, 1.82) is 0 Å². The Bertz CT molecular complexity index is 307. The summed E-state index contributed by atoms with van der Waals surface area (Å²) >= 11 is 0. The van der Waals surface area contributed by atoms with E-state index in [-0.39, 0.29) is 0 Å². The lowest BCUT2D eigenvalue weighted by atomic mass is 10.1. The molecular weight excluding hydrogens is 196 g/mol. The van der Waals surface area contributed by atoms with Crippen LogP contribution in [-0.2, 0) is 0 Å². The second kappa shape index (κ2) is 6.41. The highest BCUT2D eigenvalue weighted by molar-refractivity contribution is 5.67. The van der Waals surface area contributed by atoms with E-state index in [1.807, 2.05) is 12.1 Å². The van der Waals surface area contributed by atoms with Gasteiger partial charge < -0.3 is 10.6 Å². The quantitative estimate of drug-likeness (QED) is 0.585. The fraction of sp³-hybridized carbons (Fsp3) is 0.571. The van der Waals surface area contributed by atoms with E-state index in [9.17, 15) is 0 Å². The van der Waals surface area contributed by atoms with Crippen molar-refractivity contribution in [3.63, 3.8) is 0 Å². The molecule has 16 heavy (non-hydrogen) atoms. The topological polar surface area (TPSA) is 29.3 Å². The SMILES string of the molecule is CCCCCN(c1ccccc1N)C(C)C. The van der Waals surface area contributed by atoms with Crippen molar-refractivity contribution >= 4 is 11.4 Å². The molecule has 1 rings (SSSR count). The molecule has 0 aromatic heterocycles. The highest BCUT2D eigenvalue weighted by Gasteiger charge is 2.11. The van der Waals surface area contributed by atoms with Crippen LogP contribution in [0.5, 0.6) is 0 Å². The van der Waals surface area contributed by atoms with Gasteiger partial charge in [-0.05, 0) is 32.4 Å². The average molecular weight is 220 g/mol. The molecule has 0 unspecified atom stereocenters. The number of benzene rings is 1. The Balaban J connectivity index is 2.74. The highest BCUT2D eigenvalue weighted by Crippen LogP contribution is 2.24. The summed E-state index contributed by atoms with van der Waals surface area (Å²) in [5.41, 5.74) is 8.08. The minimum Gasteiger partial charge on any atom is -0.397 e. The third-order valence-corrected chi connectivity index (χ3v) is 2.87. The van der Waals surface area contributed by atoms with Crippen molar-refractivity contribution in [2.24, 2.45) is 0 Å². The van der Waals surface area contributed by atoms with Crippen LogP contribution in [0.25, 0.3) is 0 Å². The van der Waals surface area contributed by atoms with Crippen LogP contribution in [0.4, 0.5) is 11.4 Å². The molecule has 0 amide bonds. The Morgan fingerprint density at radius 1 is 1.19 bits per heavy atom. The van der Waals surface area contributed by atoms with Gasteiger partial charge in [0.05, 0.1) is 11.4 Å². The van der Waals surface area contributed by atoms with Crippen LogP contribution >= 0.6 is 0 Å². The van der Waals surface area contributed by atoms with Gasteiger partial charge in [0.1, 0.15) is 0 Å². The molecule has 1 aromatic carbocycles. The first kappa shape index (κ1) is 12.9. The van der Waals surface area contributed by atoms with Crippen LogP contribution in [0.3, 0.4) is 0 Å². The molecule has 2 nitrogen and oxygen atoms in total. The molecule has 0 saturated heterocycles. The van der Waals surface area contributed by atoms with Crippen molar-refractivity contribution in [3.05, 3.63) is 24.3 Å². The number of nitrogens with two attached hydrogens (primary N) is 1. The van der Waals surface area contributed by atoms with Crippen LogP contribution < -0.4 is 10.6 Å². The second-order valence-electron chi connectivity index (χ2n) is 4.55. The molecule has 90 valence electrons. The number of nitrogens with zero attached hydrogens (tertiary/aromatic N) is 1. The van der Waals surface area contributed by atoms with Gasteiger partial charge in [0.15, 0.2) is 0 Å². The van der Waals surface area contributed by atoms with Crippen molar-refractivity contribution in [2.45, 2.75) is 46.1 Å². The maximum Gasteiger partial charge on any atom is 0.0602 e. The van der Waals surface area contributed by atoms with E-state index in [1.54, 1.807) is 0 Å². The van der Waals surface area contributed by atoms with Crippen LogP contribution in [0.1, 0.15) is 40.0 Å². The zero-order valence-corrected chi connectivity index (χ0v) is 10.7. The normalized spacial score (nSPS) is 10.8. The van der Waals surface area contributed by atoms with Gasteiger partial charge in [-0.1, -0.05) is 31.9 Å². The molecule has 0 aliphatic heterocycles. The number of para-hydroxylation sites is 2. The molecule has 0 aliphatic carbocycles.